The van der Waals surface area contributed by atoms with Crippen LogP contribution in [0.1, 0.15) is 55.4 Å². The molecule has 0 N–H and O–H groups in total. The Morgan fingerprint density at radius 1 is 0.821 bits per heavy atom. The molecule has 2 aromatic carbocycles. The zero-order chi connectivity index (χ0) is 20.4. The molecule has 2 aromatic rings. The minimum absolute atomic E-state index is 0.136. The maximum atomic E-state index is 3.83. The number of rotatable bonds is 12. The summed E-state index contributed by atoms with van der Waals surface area (Å²) in [6.07, 6.45) is 10.7. The van der Waals surface area contributed by atoms with Crippen molar-refractivity contribution in [3.8, 4) is 0 Å². The molecule has 0 heterocycles. The Morgan fingerprint density at radius 3 is 1.68 bits per heavy atom. The third-order valence-corrected chi connectivity index (χ3v) is 7.35. The van der Waals surface area contributed by atoms with Crippen LogP contribution in [0.2, 0.25) is 0 Å². The van der Waals surface area contributed by atoms with Crippen LogP contribution in [0.15, 0.2) is 55.1 Å². The molecule has 4 atom stereocenters. The zero-order valence-corrected chi connectivity index (χ0v) is 20.1. The average molecular weight is 413 g/mol. The minimum Gasteiger partial charge on any atom is -0.112 e. The molecular weight excluding hydrogens is 374 g/mol. The minimum atomic E-state index is 0.136. The molecule has 2 rings (SSSR count). The lowest BCUT2D eigenvalue weighted by Crippen LogP contribution is -2.06. The molecule has 0 saturated carbocycles. The first-order chi connectivity index (χ1) is 13.5. The second-order valence-corrected chi connectivity index (χ2v) is 13.1. The lowest BCUT2D eigenvalue weighted by Gasteiger charge is -2.17. The van der Waals surface area contributed by atoms with Gasteiger partial charge in [0.2, 0.25) is 0 Å². The Labute approximate surface area is 177 Å². The van der Waals surface area contributed by atoms with Gasteiger partial charge in [0.25, 0.3) is 0 Å². The van der Waals surface area contributed by atoms with Crippen LogP contribution >= 0.6 is 16.5 Å². The molecule has 0 amide bonds. The SMILES string of the molecule is C=Cc1ccc(CCC(C)CC(C)CCc2ccc(CCP(C)P)cc2)cc1. The summed E-state index contributed by atoms with van der Waals surface area (Å²) in [4.78, 5) is 0. The molecule has 0 spiro atoms. The molecule has 0 saturated heterocycles. The summed E-state index contributed by atoms with van der Waals surface area (Å²) in [6, 6.07) is 18.2. The van der Waals surface area contributed by atoms with Crippen molar-refractivity contribution in [3.05, 3.63) is 77.4 Å². The highest BCUT2D eigenvalue weighted by Gasteiger charge is 2.10. The van der Waals surface area contributed by atoms with Gasteiger partial charge in [0.05, 0.1) is 0 Å². The fourth-order valence-electron chi connectivity index (χ4n) is 3.75. The van der Waals surface area contributed by atoms with Gasteiger partial charge in [0, 0.05) is 0 Å². The summed E-state index contributed by atoms with van der Waals surface area (Å²) >= 11 is 0. The van der Waals surface area contributed by atoms with Crippen molar-refractivity contribution in [1.82, 2.24) is 0 Å². The smallest absolute Gasteiger partial charge is 0.0236 e. The van der Waals surface area contributed by atoms with Gasteiger partial charge in [-0.1, -0.05) is 82.6 Å². The van der Waals surface area contributed by atoms with E-state index in [1.165, 1.54) is 66.9 Å². The number of hydrogen-bond acceptors (Lipinski definition) is 0. The van der Waals surface area contributed by atoms with E-state index < -0.39 is 0 Å². The van der Waals surface area contributed by atoms with Crippen molar-refractivity contribution in [3.63, 3.8) is 0 Å². The third kappa shape index (κ3) is 9.03. The van der Waals surface area contributed by atoms with E-state index in [0.29, 0.717) is 0 Å². The normalized spacial score (nSPS) is 14.4. The van der Waals surface area contributed by atoms with E-state index in [-0.39, 0.29) is 7.61 Å². The van der Waals surface area contributed by atoms with Gasteiger partial charge in [-0.3, -0.25) is 0 Å². The average Bonchev–Trinajstić information content (AvgIpc) is 2.70. The standard InChI is InChI=1S/C26H38P2/c1-5-23-10-12-24(13-11-23)8-6-21(2)20-22(3)7-9-25-14-16-26(17-15-25)18-19-28(4)27/h5,10-17,21-22H,1,6-9,18-20,27H2,2-4H3. The van der Waals surface area contributed by atoms with Crippen LogP contribution in [0.3, 0.4) is 0 Å². The maximum absolute atomic E-state index is 3.83. The summed E-state index contributed by atoms with van der Waals surface area (Å²) in [5.74, 6) is 1.57. The highest BCUT2D eigenvalue weighted by molar-refractivity contribution is 8.13. The third-order valence-electron chi connectivity index (χ3n) is 5.65. The van der Waals surface area contributed by atoms with Crippen LogP contribution in [-0.4, -0.2) is 12.8 Å². The number of hydrogen-bond donors (Lipinski definition) is 0. The molecule has 0 bridgehead atoms. The van der Waals surface area contributed by atoms with Crippen LogP contribution in [0.4, 0.5) is 0 Å². The van der Waals surface area contributed by atoms with E-state index in [9.17, 15) is 0 Å². The Balaban J connectivity index is 1.67. The van der Waals surface area contributed by atoms with E-state index in [1.54, 1.807) is 0 Å². The summed E-state index contributed by atoms with van der Waals surface area (Å²) in [5, 5.41) is 0. The van der Waals surface area contributed by atoms with E-state index in [2.05, 4.69) is 84.6 Å². The van der Waals surface area contributed by atoms with Crippen molar-refractivity contribution in [2.45, 2.75) is 52.4 Å². The zero-order valence-electron chi connectivity index (χ0n) is 18.0. The molecule has 2 heteroatoms. The van der Waals surface area contributed by atoms with E-state index >= 15 is 0 Å². The lowest BCUT2D eigenvalue weighted by atomic mass is 9.88. The van der Waals surface area contributed by atoms with Crippen molar-refractivity contribution in [2.24, 2.45) is 11.8 Å². The fraction of sp³-hybridized carbons (Fsp3) is 0.462. The van der Waals surface area contributed by atoms with Gasteiger partial charge in [-0.15, -0.1) is 8.93 Å². The molecule has 0 aromatic heterocycles. The van der Waals surface area contributed by atoms with Crippen molar-refractivity contribution >= 4 is 22.6 Å². The van der Waals surface area contributed by atoms with E-state index in [1.807, 2.05) is 6.08 Å². The molecular formula is C26H38P2. The maximum Gasteiger partial charge on any atom is -0.0236 e. The Bertz CT molecular complexity index is 685. The van der Waals surface area contributed by atoms with Crippen molar-refractivity contribution in [1.29, 1.82) is 0 Å². The topological polar surface area (TPSA) is 0 Å². The molecule has 0 aliphatic rings. The van der Waals surface area contributed by atoms with Crippen LogP contribution in [-0.2, 0) is 19.3 Å². The van der Waals surface area contributed by atoms with Gasteiger partial charge in [-0.05, 0) is 85.4 Å². The molecule has 0 radical (unpaired) electrons. The highest BCUT2D eigenvalue weighted by atomic mass is 32.0. The quantitative estimate of drug-likeness (QED) is 0.310. The Kier molecular flexibility index (Phi) is 10.5. The summed E-state index contributed by atoms with van der Waals surface area (Å²) in [6.45, 7) is 11.0. The van der Waals surface area contributed by atoms with Crippen molar-refractivity contribution < 1.29 is 0 Å². The largest absolute Gasteiger partial charge is 0.112 e. The molecule has 0 fully saturated rings. The molecule has 152 valence electrons. The van der Waals surface area contributed by atoms with Crippen LogP contribution in [0.25, 0.3) is 6.08 Å². The van der Waals surface area contributed by atoms with Crippen molar-refractivity contribution in [2.75, 3.05) is 12.8 Å². The first-order valence-electron chi connectivity index (χ1n) is 10.7. The predicted octanol–water partition coefficient (Wildman–Crippen LogP) is 8.00. The number of aryl methyl sites for hydroxylation is 3. The molecule has 0 aliphatic heterocycles. The second-order valence-electron chi connectivity index (χ2n) is 8.52. The second kappa shape index (κ2) is 12.6. The predicted molar refractivity (Wildman–Crippen MR) is 134 cm³/mol. The number of benzene rings is 2. The van der Waals surface area contributed by atoms with E-state index in [4.69, 9.17) is 0 Å². The van der Waals surface area contributed by atoms with E-state index in [0.717, 1.165) is 11.8 Å². The summed E-state index contributed by atoms with van der Waals surface area (Å²) in [5.41, 5.74) is 5.64. The monoisotopic (exact) mass is 412 g/mol. The van der Waals surface area contributed by atoms with Gasteiger partial charge in [0.1, 0.15) is 0 Å². The van der Waals surface area contributed by atoms with Gasteiger partial charge >= 0.3 is 0 Å². The molecule has 28 heavy (non-hydrogen) atoms. The first-order valence-corrected chi connectivity index (χ1v) is 14.3. The van der Waals surface area contributed by atoms with Gasteiger partial charge in [-0.25, -0.2) is 0 Å². The molecule has 0 aliphatic carbocycles. The highest BCUT2D eigenvalue weighted by Crippen LogP contribution is 2.40. The Hall–Kier alpha value is -0.960. The summed E-state index contributed by atoms with van der Waals surface area (Å²) in [7, 11) is 3.09. The summed E-state index contributed by atoms with van der Waals surface area (Å²) < 4.78 is 0. The fourth-order valence-corrected chi connectivity index (χ4v) is 4.75. The lowest BCUT2D eigenvalue weighted by molar-refractivity contribution is 0.378. The van der Waals surface area contributed by atoms with Crippen LogP contribution in [0, 0.1) is 11.8 Å². The first kappa shape index (κ1) is 23.3. The van der Waals surface area contributed by atoms with Gasteiger partial charge in [-0.2, -0.15) is 0 Å². The van der Waals surface area contributed by atoms with Gasteiger partial charge in [0.15, 0.2) is 0 Å². The van der Waals surface area contributed by atoms with Crippen LogP contribution in [0.5, 0.6) is 0 Å². The van der Waals surface area contributed by atoms with Crippen LogP contribution < -0.4 is 0 Å². The van der Waals surface area contributed by atoms with Gasteiger partial charge < -0.3 is 0 Å². The molecule has 0 nitrogen and oxygen atoms in total. The Morgan fingerprint density at radius 2 is 1.25 bits per heavy atom. The molecule has 4 unspecified atom stereocenters.